The van der Waals surface area contributed by atoms with Crippen molar-refractivity contribution in [3.8, 4) is 11.5 Å². The summed E-state index contributed by atoms with van der Waals surface area (Å²) in [7, 11) is -1.12. The summed E-state index contributed by atoms with van der Waals surface area (Å²) in [5.74, 6) is 0.744. The lowest BCUT2D eigenvalue weighted by Crippen LogP contribution is -2.40. The number of hydrogen-bond acceptors (Lipinski definition) is 7. The van der Waals surface area contributed by atoms with Crippen LogP contribution in [0, 0.1) is 20.8 Å². The van der Waals surface area contributed by atoms with E-state index in [1.807, 2.05) is 13.0 Å². The fraction of sp³-hybridized carbons (Fsp3) is 0.375. The molecule has 0 aliphatic carbocycles. The Hall–Kier alpha value is -3.24. The molecule has 1 aromatic heterocycles. The molecule has 3 aromatic rings. The van der Waals surface area contributed by atoms with Gasteiger partial charge in [0.1, 0.15) is 16.4 Å². The zero-order valence-electron chi connectivity index (χ0n) is 19.9. The van der Waals surface area contributed by atoms with Crippen LogP contribution in [-0.4, -0.2) is 59.7 Å². The van der Waals surface area contributed by atoms with E-state index in [4.69, 9.17) is 18.6 Å². The smallest absolute Gasteiger partial charge is 0.290 e. The Morgan fingerprint density at radius 1 is 0.971 bits per heavy atom. The molecule has 1 saturated heterocycles. The van der Waals surface area contributed by atoms with Crippen molar-refractivity contribution in [2.24, 2.45) is 0 Å². The topological polar surface area (TPSA) is 107 Å². The summed E-state index contributed by atoms with van der Waals surface area (Å²) >= 11 is 0. The average molecular weight is 489 g/mol. The van der Waals surface area contributed by atoms with Gasteiger partial charge in [-0.15, -0.1) is 0 Å². The average Bonchev–Trinajstić information content (AvgIpc) is 3.14. The fourth-order valence-corrected chi connectivity index (χ4v) is 5.54. The number of sulfonamides is 1. The van der Waals surface area contributed by atoms with Crippen LogP contribution in [0.25, 0.3) is 11.0 Å². The number of nitrogens with one attached hydrogen (secondary N) is 1. The van der Waals surface area contributed by atoms with Crippen molar-refractivity contribution in [1.29, 1.82) is 0 Å². The number of furan rings is 1. The molecule has 1 aliphatic heterocycles. The molecule has 182 valence electrons. The number of rotatable bonds is 6. The molecule has 0 radical (unpaired) electrons. The van der Waals surface area contributed by atoms with E-state index < -0.39 is 10.0 Å². The molecule has 2 aromatic carbocycles. The molecule has 0 saturated carbocycles. The number of amides is 1. The minimum Gasteiger partial charge on any atom is -0.497 e. The van der Waals surface area contributed by atoms with Crippen molar-refractivity contribution in [1.82, 2.24) is 4.90 Å². The Balaban J connectivity index is 1.83. The van der Waals surface area contributed by atoms with Gasteiger partial charge in [0.25, 0.3) is 15.9 Å². The second-order valence-electron chi connectivity index (χ2n) is 8.19. The maximum absolute atomic E-state index is 13.6. The molecule has 1 amide bonds. The first-order valence-electron chi connectivity index (χ1n) is 10.8. The van der Waals surface area contributed by atoms with Gasteiger partial charge in [0.15, 0.2) is 11.3 Å². The Morgan fingerprint density at radius 2 is 1.59 bits per heavy atom. The van der Waals surface area contributed by atoms with Crippen molar-refractivity contribution >= 4 is 32.6 Å². The lowest BCUT2D eigenvalue weighted by atomic mass is 10.0. The molecule has 1 N–H and O–H groups in total. The van der Waals surface area contributed by atoms with Gasteiger partial charge >= 0.3 is 0 Å². The van der Waals surface area contributed by atoms with Crippen LogP contribution in [0.4, 0.5) is 5.69 Å². The summed E-state index contributed by atoms with van der Waals surface area (Å²) < 4.78 is 51.7. The van der Waals surface area contributed by atoms with E-state index in [1.165, 1.54) is 14.2 Å². The third kappa shape index (κ3) is 4.30. The van der Waals surface area contributed by atoms with Crippen molar-refractivity contribution in [2.75, 3.05) is 45.2 Å². The minimum absolute atomic E-state index is 0.00610. The highest BCUT2D eigenvalue weighted by Crippen LogP contribution is 2.37. The summed E-state index contributed by atoms with van der Waals surface area (Å²) in [5, 5.41) is 0.586. The van der Waals surface area contributed by atoms with Gasteiger partial charge in [0, 0.05) is 42.2 Å². The molecule has 0 unspecified atom stereocenters. The van der Waals surface area contributed by atoms with Crippen molar-refractivity contribution in [2.45, 2.75) is 25.7 Å². The summed E-state index contributed by atoms with van der Waals surface area (Å²) in [6.07, 6.45) is 0. The van der Waals surface area contributed by atoms with Gasteiger partial charge in [0.2, 0.25) is 0 Å². The second kappa shape index (κ2) is 9.19. The van der Waals surface area contributed by atoms with E-state index in [1.54, 1.807) is 36.9 Å². The molecular formula is C24H28N2O7S. The van der Waals surface area contributed by atoms with Gasteiger partial charge < -0.3 is 23.5 Å². The second-order valence-corrected chi connectivity index (χ2v) is 9.81. The van der Waals surface area contributed by atoms with Gasteiger partial charge in [-0.25, -0.2) is 8.42 Å². The summed E-state index contributed by atoms with van der Waals surface area (Å²) in [5.41, 5.74) is 2.34. The highest BCUT2D eigenvalue weighted by Gasteiger charge is 2.30. The van der Waals surface area contributed by atoms with Gasteiger partial charge in [0.05, 0.1) is 33.1 Å². The number of carbonyl (C=O) groups is 1. The molecule has 1 fully saturated rings. The van der Waals surface area contributed by atoms with Crippen LogP contribution < -0.4 is 14.2 Å². The molecule has 0 spiro atoms. The lowest BCUT2D eigenvalue weighted by molar-refractivity contribution is 0.0283. The molecule has 9 nitrogen and oxygen atoms in total. The van der Waals surface area contributed by atoms with E-state index in [9.17, 15) is 13.2 Å². The first-order chi connectivity index (χ1) is 16.2. The molecule has 10 heteroatoms. The summed E-state index contributed by atoms with van der Waals surface area (Å²) in [6.45, 7) is 7.14. The number of nitrogens with zero attached hydrogens (tertiary/aromatic N) is 1. The van der Waals surface area contributed by atoms with Gasteiger partial charge in [-0.05, 0) is 38.0 Å². The third-order valence-electron chi connectivity index (χ3n) is 6.06. The highest BCUT2D eigenvalue weighted by molar-refractivity contribution is 7.93. The Bertz CT molecular complexity index is 1330. The normalized spacial score (nSPS) is 14.3. The number of anilines is 1. The monoisotopic (exact) mass is 488 g/mol. The van der Waals surface area contributed by atoms with Crippen LogP contribution in [0.3, 0.4) is 0 Å². The zero-order chi connectivity index (χ0) is 24.6. The first-order valence-corrected chi connectivity index (χ1v) is 12.3. The maximum Gasteiger partial charge on any atom is 0.290 e. The number of ether oxygens (including phenoxy) is 3. The number of hydrogen-bond donors (Lipinski definition) is 1. The van der Waals surface area contributed by atoms with Gasteiger partial charge in [-0.1, -0.05) is 0 Å². The molecule has 4 rings (SSSR count). The molecular weight excluding hydrogens is 460 g/mol. The Morgan fingerprint density at radius 3 is 2.18 bits per heavy atom. The molecule has 2 heterocycles. The van der Waals surface area contributed by atoms with Crippen LogP contribution in [0.15, 0.2) is 33.6 Å². The molecule has 0 atom stereocenters. The predicted molar refractivity (Wildman–Crippen MR) is 128 cm³/mol. The zero-order valence-corrected chi connectivity index (χ0v) is 20.7. The number of benzene rings is 2. The van der Waals surface area contributed by atoms with Crippen LogP contribution in [-0.2, 0) is 14.8 Å². The van der Waals surface area contributed by atoms with Crippen LogP contribution in [0.1, 0.15) is 27.2 Å². The van der Waals surface area contributed by atoms with E-state index in [0.717, 1.165) is 5.56 Å². The van der Waals surface area contributed by atoms with Crippen LogP contribution in [0.5, 0.6) is 11.5 Å². The number of fused-ring (bicyclic) bond motifs is 1. The van der Waals surface area contributed by atoms with Crippen LogP contribution >= 0.6 is 0 Å². The maximum atomic E-state index is 13.6. The fourth-order valence-electron chi connectivity index (χ4n) is 4.05. The van der Waals surface area contributed by atoms with Gasteiger partial charge in [-0.3, -0.25) is 9.52 Å². The standard InChI is InChI=1S/C24H28N2O7S/c1-14-10-20-16(3)21(24(27)26-6-8-32-9-7-26)33-22(20)23(15(14)2)34(28,29)25-17-11-18(30-4)13-19(12-17)31-5/h10-13,25H,6-9H2,1-5H3. The Labute approximate surface area is 198 Å². The van der Waals surface area contributed by atoms with Crippen molar-refractivity contribution in [3.05, 3.63) is 46.7 Å². The van der Waals surface area contributed by atoms with E-state index in [2.05, 4.69) is 4.72 Å². The largest absolute Gasteiger partial charge is 0.497 e. The molecule has 1 aliphatic rings. The third-order valence-corrected chi connectivity index (χ3v) is 7.59. The lowest BCUT2D eigenvalue weighted by Gasteiger charge is -2.26. The summed E-state index contributed by atoms with van der Waals surface area (Å²) in [4.78, 5) is 14.8. The molecule has 34 heavy (non-hydrogen) atoms. The minimum atomic E-state index is -4.10. The van der Waals surface area contributed by atoms with Crippen molar-refractivity contribution in [3.63, 3.8) is 0 Å². The highest BCUT2D eigenvalue weighted by atomic mass is 32.2. The van der Waals surface area contributed by atoms with Crippen molar-refractivity contribution < 1.29 is 31.8 Å². The Kier molecular flexibility index (Phi) is 6.46. The first kappa shape index (κ1) is 23.9. The number of methoxy groups -OCH3 is 2. The van der Waals surface area contributed by atoms with Gasteiger partial charge in [-0.2, -0.15) is 0 Å². The number of morpholine rings is 1. The van der Waals surface area contributed by atoms with E-state index >= 15 is 0 Å². The number of carbonyl (C=O) groups excluding carboxylic acids is 1. The molecule has 0 bridgehead atoms. The quantitative estimate of drug-likeness (QED) is 0.564. The summed E-state index contributed by atoms with van der Waals surface area (Å²) in [6, 6.07) is 6.62. The predicted octanol–water partition coefficient (Wildman–Crippen LogP) is 3.65. The SMILES string of the molecule is COc1cc(NS(=O)(=O)c2c(C)c(C)cc3c(C)c(C(=O)N4CCOCC4)oc23)cc(OC)c1. The van der Waals surface area contributed by atoms with E-state index in [-0.39, 0.29) is 27.8 Å². The number of aryl methyl sites for hydroxylation is 2. The van der Waals surface area contributed by atoms with E-state index in [0.29, 0.717) is 54.3 Å². The van der Waals surface area contributed by atoms with Crippen LogP contribution in [0.2, 0.25) is 0 Å².